The molecule has 1 aromatic rings. The van der Waals surface area contributed by atoms with Crippen molar-refractivity contribution in [2.45, 2.75) is 173 Å². The molecule has 2 fully saturated rings. The van der Waals surface area contributed by atoms with E-state index in [4.69, 9.17) is 42.6 Å². The van der Waals surface area contributed by atoms with E-state index in [1.54, 1.807) is 92.6 Å². The fraction of sp³-hybridized carbons (Fsp3) is 0.745. The molecule has 0 amide bonds. The molecule has 3 aliphatic rings. The number of rotatable bonds is 12. The van der Waals surface area contributed by atoms with Gasteiger partial charge in [-0.15, -0.1) is 0 Å². The molecule has 356 valence electrons. The van der Waals surface area contributed by atoms with Crippen molar-refractivity contribution in [3.05, 3.63) is 47.5 Å². The van der Waals surface area contributed by atoms with E-state index in [2.05, 4.69) is 0 Å². The van der Waals surface area contributed by atoms with Crippen LogP contribution in [0.5, 0.6) is 0 Å². The first-order valence-electron chi connectivity index (χ1n) is 22.1. The number of ketones is 1. The molecular formula is C47H73NO15. The number of hydrogen-bond acceptors (Lipinski definition) is 16. The van der Waals surface area contributed by atoms with Gasteiger partial charge in [0.05, 0.1) is 53.1 Å². The van der Waals surface area contributed by atoms with Gasteiger partial charge in [-0.2, -0.15) is 0 Å². The second kappa shape index (κ2) is 21.8. The summed E-state index contributed by atoms with van der Waals surface area (Å²) < 4.78 is 55.6. The Morgan fingerprint density at radius 1 is 0.937 bits per heavy atom. The molecule has 4 rings (SSSR count). The quantitative estimate of drug-likeness (QED) is 0.215. The van der Waals surface area contributed by atoms with E-state index in [0.717, 1.165) is 0 Å². The van der Waals surface area contributed by atoms with Gasteiger partial charge in [0, 0.05) is 32.5 Å². The number of methoxy groups -OCH3 is 2. The van der Waals surface area contributed by atoms with Crippen LogP contribution in [0.4, 0.5) is 0 Å². The van der Waals surface area contributed by atoms with Crippen molar-refractivity contribution >= 4 is 23.7 Å². The molecule has 0 spiro atoms. The van der Waals surface area contributed by atoms with Crippen molar-refractivity contribution in [1.82, 2.24) is 4.90 Å². The van der Waals surface area contributed by atoms with Gasteiger partial charge in [0.25, 0.3) is 0 Å². The van der Waals surface area contributed by atoms with E-state index in [1.165, 1.54) is 20.3 Å². The van der Waals surface area contributed by atoms with Crippen molar-refractivity contribution in [1.29, 1.82) is 0 Å². The van der Waals surface area contributed by atoms with E-state index in [-0.39, 0.29) is 49.4 Å². The van der Waals surface area contributed by atoms with E-state index in [0.29, 0.717) is 12.0 Å². The molecule has 0 aromatic heterocycles. The molecule has 0 bridgehead atoms. The summed E-state index contributed by atoms with van der Waals surface area (Å²) >= 11 is 0. The molecule has 3 heterocycles. The number of benzene rings is 1. The van der Waals surface area contributed by atoms with Gasteiger partial charge in [0.1, 0.15) is 18.8 Å². The monoisotopic (exact) mass is 891 g/mol. The maximum Gasteiger partial charge on any atom is 0.338 e. The lowest BCUT2D eigenvalue weighted by molar-refractivity contribution is -0.317. The normalized spacial score (nSPS) is 40.6. The standard InChI is InChI=1S/C47H73NO15/c1-15-34-46(9,63-35(49)25-55-13)23-27(3)37(50)26(2)22-45(8,54)41(29(5)38(30(6)42(52)59-34)60-36-24-47(10,56-14)40(51)31(7)58-36)62-44-39(33(48(11)12)21-28(4)57-44)61-43(53)32-19-17-16-18-20-32/h16-20,23,26,28-31,33-34,36,38-41,44,51,54H,15,21-22,24-25H2,1-14H3/b27-23+/t26-,28-,29+,30-,31+,33+,34-,36+,38+,39-,40+,41-,44?,45-,46+,47-/m1/s1. The number of nitrogens with zero attached hydrogens (tertiary/aromatic N) is 1. The van der Waals surface area contributed by atoms with E-state index >= 15 is 0 Å². The highest BCUT2D eigenvalue weighted by molar-refractivity contribution is 5.96. The predicted molar refractivity (Wildman–Crippen MR) is 230 cm³/mol. The van der Waals surface area contributed by atoms with Gasteiger partial charge in [-0.25, -0.2) is 9.59 Å². The van der Waals surface area contributed by atoms with Crippen molar-refractivity contribution in [3.8, 4) is 0 Å². The number of likely N-dealkylation sites (N-methyl/N-ethyl adjacent to an activating group) is 1. The highest BCUT2D eigenvalue weighted by Gasteiger charge is 2.53. The first-order chi connectivity index (χ1) is 29.4. The summed E-state index contributed by atoms with van der Waals surface area (Å²) in [4.78, 5) is 57.5. The van der Waals surface area contributed by atoms with Crippen molar-refractivity contribution in [2.75, 3.05) is 34.9 Å². The number of aliphatic hydroxyl groups is 2. The van der Waals surface area contributed by atoms with Gasteiger partial charge in [0.15, 0.2) is 30.1 Å². The Kier molecular flexibility index (Phi) is 18.1. The molecule has 16 heteroatoms. The fourth-order valence-electron chi connectivity index (χ4n) is 9.44. The number of carbonyl (C=O) groups excluding carboxylic acids is 4. The zero-order chi connectivity index (χ0) is 47.2. The lowest BCUT2D eigenvalue weighted by atomic mass is 9.76. The number of allylic oxidation sites excluding steroid dienone is 1. The second-order valence-corrected chi connectivity index (χ2v) is 18.6. The predicted octanol–water partition coefficient (Wildman–Crippen LogP) is 4.80. The first-order valence-corrected chi connectivity index (χ1v) is 22.1. The summed E-state index contributed by atoms with van der Waals surface area (Å²) in [6.45, 7) is 16.4. The van der Waals surface area contributed by atoms with Crippen LogP contribution in [0.25, 0.3) is 0 Å². The molecule has 2 N–H and O–H groups in total. The van der Waals surface area contributed by atoms with Crippen LogP contribution in [0.2, 0.25) is 0 Å². The highest BCUT2D eigenvalue weighted by atomic mass is 16.7. The Labute approximate surface area is 373 Å². The van der Waals surface area contributed by atoms with Crippen molar-refractivity contribution in [3.63, 3.8) is 0 Å². The van der Waals surface area contributed by atoms with E-state index in [9.17, 15) is 29.4 Å². The molecule has 1 aromatic carbocycles. The number of aliphatic hydroxyl groups excluding tert-OH is 1. The van der Waals surface area contributed by atoms with Crippen LogP contribution in [0.3, 0.4) is 0 Å². The largest absolute Gasteiger partial charge is 0.457 e. The van der Waals surface area contributed by atoms with Crippen LogP contribution in [0.15, 0.2) is 42.0 Å². The molecule has 3 aliphatic heterocycles. The maximum atomic E-state index is 14.6. The van der Waals surface area contributed by atoms with Gasteiger partial charge in [-0.05, 0) is 106 Å². The summed E-state index contributed by atoms with van der Waals surface area (Å²) in [5.74, 6) is -5.27. The average molecular weight is 892 g/mol. The van der Waals surface area contributed by atoms with Crippen molar-refractivity contribution in [2.24, 2.45) is 17.8 Å². The van der Waals surface area contributed by atoms with Crippen LogP contribution in [-0.4, -0.2) is 152 Å². The SMILES string of the molecule is CC[C@H]1OC(=O)[C@H](C)[C@@H](O[C@H]2C[C@@](C)(OC)[C@@H](O)[C@H](C)O2)[C@H](C)[C@@H](OC2O[C@H](C)C[C@H](N(C)C)[C@H]2OC(=O)c2ccccc2)[C@](C)(O)C[C@@H](C)C(=O)/C(C)=C/[C@]1(C)OC(=O)COC. The van der Waals surface area contributed by atoms with E-state index < -0.39 is 102 Å². The maximum absolute atomic E-state index is 14.6. The van der Waals surface area contributed by atoms with E-state index in [1.807, 2.05) is 25.9 Å². The zero-order valence-corrected chi connectivity index (χ0v) is 39.7. The van der Waals surface area contributed by atoms with Crippen LogP contribution < -0.4 is 0 Å². The molecule has 0 radical (unpaired) electrons. The van der Waals surface area contributed by atoms with Gasteiger partial charge in [0.2, 0.25) is 0 Å². The highest BCUT2D eigenvalue weighted by Crippen LogP contribution is 2.41. The molecule has 2 saturated heterocycles. The van der Waals surface area contributed by atoms with Crippen LogP contribution in [-0.2, 0) is 57.0 Å². The van der Waals surface area contributed by atoms with Crippen LogP contribution >= 0.6 is 0 Å². The number of cyclic esters (lactones) is 1. The molecule has 1 unspecified atom stereocenters. The molecule has 0 saturated carbocycles. The van der Waals surface area contributed by atoms with Crippen LogP contribution in [0.1, 0.15) is 105 Å². The number of esters is 3. The topological polar surface area (TPSA) is 195 Å². The first kappa shape index (κ1) is 52.3. The number of ether oxygens (including phenoxy) is 9. The summed E-state index contributed by atoms with van der Waals surface area (Å²) in [7, 11) is 6.56. The molecule has 16 atom stereocenters. The summed E-state index contributed by atoms with van der Waals surface area (Å²) in [5, 5.41) is 23.9. The number of carbonyl (C=O) groups is 4. The number of Topliss-reactive ketones (excluding diaryl/α,β-unsaturated/α-hetero) is 1. The van der Waals surface area contributed by atoms with Gasteiger partial charge in [-0.1, -0.05) is 39.0 Å². The fourth-order valence-corrected chi connectivity index (χ4v) is 9.44. The third-order valence-electron chi connectivity index (χ3n) is 13.0. The smallest absolute Gasteiger partial charge is 0.338 e. The van der Waals surface area contributed by atoms with Gasteiger partial charge in [-0.3, -0.25) is 9.59 Å². The average Bonchev–Trinajstić information content (AvgIpc) is 3.22. The Hall–Kier alpha value is -3.32. The molecular weight excluding hydrogens is 819 g/mol. The summed E-state index contributed by atoms with van der Waals surface area (Å²) in [6, 6.07) is 8.17. The number of hydrogen-bond donors (Lipinski definition) is 2. The minimum absolute atomic E-state index is 0.0634. The van der Waals surface area contributed by atoms with Gasteiger partial charge >= 0.3 is 17.9 Å². The Morgan fingerprint density at radius 3 is 2.17 bits per heavy atom. The molecule has 63 heavy (non-hydrogen) atoms. The zero-order valence-electron chi connectivity index (χ0n) is 39.7. The Balaban J connectivity index is 1.90. The minimum atomic E-state index is -1.85. The lowest BCUT2D eigenvalue weighted by Gasteiger charge is -2.49. The van der Waals surface area contributed by atoms with Gasteiger partial charge < -0.3 is 57.7 Å². The summed E-state index contributed by atoms with van der Waals surface area (Å²) in [5.41, 5.74) is -4.01. The third kappa shape index (κ3) is 12.5. The second-order valence-electron chi connectivity index (χ2n) is 18.6. The Morgan fingerprint density at radius 2 is 1.59 bits per heavy atom. The van der Waals surface area contributed by atoms with Crippen LogP contribution in [0, 0.1) is 17.8 Å². The molecule has 16 nitrogen and oxygen atoms in total. The Bertz CT molecular complexity index is 1740. The van der Waals surface area contributed by atoms with Crippen molar-refractivity contribution < 1.29 is 72.0 Å². The lowest BCUT2D eigenvalue weighted by Crippen LogP contribution is -2.61. The molecule has 0 aliphatic carbocycles. The minimum Gasteiger partial charge on any atom is -0.457 e. The summed E-state index contributed by atoms with van der Waals surface area (Å²) in [6.07, 6.45) is -6.81. The third-order valence-corrected chi connectivity index (χ3v) is 13.0.